The predicted molar refractivity (Wildman–Crippen MR) is 120 cm³/mol. The van der Waals surface area contributed by atoms with Crippen LogP contribution in [-0.4, -0.2) is 0 Å². The lowest BCUT2D eigenvalue weighted by atomic mass is 10.1. The Hall–Kier alpha value is -2.95. The summed E-state index contributed by atoms with van der Waals surface area (Å²) in [6.07, 6.45) is 0. The zero-order valence-corrected chi connectivity index (χ0v) is 15.8. The Balaban J connectivity index is 1.85. The highest BCUT2D eigenvalue weighted by molar-refractivity contribution is 7.80. The van der Waals surface area contributed by atoms with Crippen LogP contribution in [0.4, 0.5) is 0 Å². The monoisotopic (exact) mass is 362 g/mol. The van der Waals surface area contributed by atoms with Gasteiger partial charge in [0.2, 0.25) is 0 Å². The van der Waals surface area contributed by atoms with Crippen molar-refractivity contribution in [3.63, 3.8) is 0 Å². The summed E-state index contributed by atoms with van der Waals surface area (Å²) in [7, 11) is -0.646. The molecule has 5 rings (SSSR count). The standard InChI is InChI=1S/C26H19P/c1-2-14-22(15-3-1)27(25-18-8-12-20-10-4-6-16-23(20)25)26-19-9-13-21-11-5-7-17-24(21)26/h1-19H. The summed E-state index contributed by atoms with van der Waals surface area (Å²) in [6, 6.07) is 41.8. The van der Waals surface area contributed by atoms with Crippen LogP contribution in [0.5, 0.6) is 0 Å². The SMILES string of the molecule is c1ccc(P(c2cccc3ccccc23)c2cccc3ccccc23)cc1. The van der Waals surface area contributed by atoms with Crippen LogP contribution in [0.15, 0.2) is 115 Å². The first-order valence-corrected chi connectivity index (χ1v) is 10.6. The average molecular weight is 362 g/mol. The van der Waals surface area contributed by atoms with Gasteiger partial charge in [-0.15, -0.1) is 0 Å². The topological polar surface area (TPSA) is 0 Å². The van der Waals surface area contributed by atoms with Gasteiger partial charge < -0.3 is 0 Å². The molecule has 0 N–H and O–H groups in total. The largest absolute Gasteiger partial charge is 0.0622 e. The Morgan fingerprint density at radius 3 is 1.37 bits per heavy atom. The van der Waals surface area contributed by atoms with Gasteiger partial charge in [0.15, 0.2) is 0 Å². The molecule has 0 atom stereocenters. The molecule has 0 amide bonds. The summed E-state index contributed by atoms with van der Waals surface area (Å²) in [5.74, 6) is 0. The van der Waals surface area contributed by atoms with Gasteiger partial charge in [-0.05, 0) is 45.4 Å². The maximum Gasteiger partial charge on any atom is -0.00724 e. The van der Waals surface area contributed by atoms with Gasteiger partial charge in [-0.1, -0.05) is 115 Å². The molecule has 0 nitrogen and oxygen atoms in total. The van der Waals surface area contributed by atoms with E-state index in [9.17, 15) is 0 Å². The van der Waals surface area contributed by atoms with Crippen LogP contribution in [0.1, 0.15) is 0 Å². The van der Waals surface area contributed by atoms with E-state index in [0.29, 0.717) is 0 Å². The van der Waals surface area contributed by atoms with Gasteiger partial charge >= 0.3 is 0 Å². The highest BCUT2D eigenvalue weighted by Crippen LogP contribution is 2.38. The minimum atomic E-state index is -0.646. The molecule has 0 heterocycles. The molecule has 0 bridgehead atoms. The molecule has 0 unspecified atom stereocenters. The molecular weight excluding hydrogens is 343 g/mol. The van der Waals surface area contributed by atoms with Gasteiger partial charge in [-0.2, -0.15) is 0 Å². The lowest BCUT2D eigenvalue weighted by molar-refractivity contribution is 1.75. The van der Waals surface area contributed by atoms with E-state index in [4.69, 9.17) is 0 Å². The van der Waals surface area contributed by atoms with E-state index >= 15 is 0 Å². The summed E-state index contributed by atoms with van der Waals surface area (Å²) in [5.41, 5.74) is 0. The van der Waals surface area contributed by atoms with E-state index in [1.54, 1.807) is 0 Å². The number of fused-ring (bicyclic) bond motifs is 2. The van der Waals surface area contributed by atoms with Gasteiger partial charge in [-0.25, -0.2) is 0 Å². The average Bonchev–Trinajstić information content (AvgIpc) is 2.75. The van der Waals surface area contributed by atoms with Crippen molar-refractivity contribution < 1.29 is 0 Å². The van der Waals surface area contributed by atoms with Crippen molar-refractivity contribution in [1.29, 1.82) is 0 Å². The number of benzene rings is 5. The lowest BCUT2D eigenvalue weighted by Crippen LogP contribution is -2.21. The van der Waals surface area contributed by atoms with E-state index < -0.39 is 7.92 Å². The Labute approximate surface area is 160 Å². The fourth-order valence-corrected chi connectivity index (χ4v) is 6.44. The van der Waals surface area contributed by atoms with Gasteiger partial charge in [0.05, 0.1) is 0 Å². The number of rotatable bonds is 3. The fourth-order valence-electron chi connectivity index (χ4n) is 3.79. The molecule has 0 aliphatic heterocycles. The number of hydrogen-bond donors (Lipinski definition) is 0. The van der Waals surface area contributed by atoms with Crippen LogP contribution in [0.25, 0.3) is 21.5 Å². The van der Waals surface area contributed by atoms with Crippen LogP contribution >= 0.6 is 7.92 Å². The van der Waals surface area contributed by atoms with E-state index in [1.807, 2.05) is 0 Å². The summed E-state index contributed by atoms with van der Waals surface area (Å²) < 4.78 is 0. The van der Waals surface area contributed by atoms with E-state index in [0.717, 1.165) is 0 Å². The van der Waals surface area contributed by atoms with Crippen molar-refractivity contribution in [2.75, 3.05) is 0 Å². The summed E-state index contributed by atoms with van der Waals surface area (Å²) in [5, 5.41) is 9.54. The van der Waals surface area contributed by atoms with Crippen molar-refractivity contribution in [3.8, 4) is 0 Å². The van der Waals surface area contributed by atoms with Crippen LogP contribution in [0.3, 0.4) is 0 Å². The normalized spacial score (nSPS) is 11.3. The molecule has 128 valence electrons. The van der Waals surface area contributed by atoms with Gasteiger partial charge in [0.25, 0.3) is 0 Å². The second-order valence-corrected chi connectivity index (χ2v) is 8.82. The quantitative estimate of drug-likeness (QED) is 0.359. The minimum absolute atomic E-state index is 0.646. The molecule has 5 aromatic carbocycles. The molecule has 5 aromatic rings. The molecule has 0 saturated carbocycles. The van der Waals surface area contributed by atoms with Crippen molar-refractivity contribution in [3.05, 3.63) is 115 Å². The van der Waals surface area contributed by atoms with Crippen LogP contribution in [-0.2, 0) is 0 Å². The van der Waals surface area contributed by atoms with E-state index in [2.05, 4.69) is 115 Å². The molecular formula is C26H19P. The van der Waals surface area contributed by atoms with E-state index in [1.165, 1.54) is 37.5 Å². The molecule has 0 spiro atoms. The second kappa shape index (κ2) is 6.99. The first kappa shape index (κ1) is 16.2. The Morgan fingerprint density at radius 2 is 0.815 bits per heavy atom. The summed E-state index contributed by atoms with van der Waals surface area (Å²) >= 11 is 0. The molecule has 27 heavy (non-hydrogen) atoms. The zero-order valence-electron chi connectivity index (χ0n) is 14.9. The molecule has 0 aliphatic carbocycles. The summed E-state index contributed by atoms with van der Waals surface area (Å²) in [6.45, 7) is 0. The highest BCUT2D eigenvalue weighted by Gasteiger charge is 2.20. The third-order valence-corrected chi connectivity index (χ3v) is 7.59. The van der Waals surface area contributed by atoms with Crippen molar-refractivity contribution in [1.82, 2.24) is 0 Å². The Bertz CT molecular complexity index is 1130. The van der Waals surface area contributed by atoms with Crippen molar-refractivity contribution >= 4 is 45.4 Å². The fraction of sp³-hybridized carbons (Fsp3) is 0. The second-order valence-electron chi connectivity index (χ2n) is 6.67. The maximum atomic E-state index is 2.31. The smallest absolute Gasteiger partial charge is 0.00724 e. The van der Waals surface area contributed by atoms with Crippen LogP contribution in [0, 0.1) is 0 Å². The first-order valence-electron chi connectivity index (χ1n) is 9.22. The van der Waals surface area contributed by atoms with E-state index in [-0.39, 0.29) is 0 Å². The minimum Gasteiger partial charge on any atom is -0.0622 e. The number of hydrogen-bond acceptors (Lipinski definition) is 0. The Kier molecular flexibility index (Phi) is 4.20. The zero-order chi connectivity index (χ0) is 18.1. The third-order valence-electron chi connectivity index (χ3n) is 5.03. The van der Waals surface area contributed by atoms with Crippen LogP contribution in [0.2, 0.25) is 0 Å². The van der Waals surface area contributed by atoms with Crippen molar-refractivity contribution in [2.45, 2.75) is 0 Å². The Morgan fingerprint density at radius 1 is 0.370 bits per heavy atom. The molecule has 0 radical (unpaired) electrons. The highest BCUT2D eigenvalue weighted by atomic mass is 31.1. The molecule has 1 heteroatoms. The van der Waals surface area contributed by atoms with Crippen molar-refractivity contribution in [2.24, 2.45) is 0 Å². The molecule has 0 saturated heterocycles. The predicted octanol–water partition coefficient (Wildman–Crippen LogP) is 5.75. The first-order chi connectivity index (χ1) is 13.4. The molecule has 0 aromatic heterocycles. The maximum absolute atomic E-state index is 2.31. The van der Waals surface area contributed by atoms with Crippen LogP contribution < -0.4 is 15.9 Å². The molecule has 0 aliphatic rings. The van der Waals surface area contributed by atoms with Gasteiger partial charge in [-0.3, -0.25) is 0 Å². The third kappa shape index (κ3) is 2.93. The van der Waals surface area contributed by atoms with Gasteiger partial charge in [0, 0.05) is 0 Å². The lowest BCUT2D eigenvalue weighted by Gasteiger charge is -2.22. The van der Waals surface area contributed by atoms with Gasteiger partial charge in [0.1, 0.15) is 0 Å². The summed E-state index contributed by atoms with van der Waals surface area (Å²) in [4.78, 5) is 0. The molecule has 0 fully saturated rings.